The summed E-state index contributed by atoms with van der Waals surface area (Å²) in [4.78, 5) is 3.92. The second kappa shape index (κ2) is 4.39. The fourth-order valence-electron chi connectivity index (χ4n) is 1.70. The first-order valence-electron chi connectivity index (χ1n) is 5.19. The molecule has 0 saturated carbocycles. The van der Waals surface area contributed by atoms with E-state index in [1.807, 2.05) is 0 Å². The van der Waals surface area contributed by atoms with Crippen LogP contribution in [0.15, 0.2) is 23.4 Å². The Bertz CT molecular complexity index is 449. The maximum Gasteiger partial charge on any atom is 0.192 e. The number of sulfone groups is 1. The monoisotopic (exact) mass is 241 g/mol. The molecule has 0 aromatic carbocycles. The molecule has 1 saturated heterocycles. The Balaban J connectivity index is 2.07. The van der Waals surface area contributed by atoms with Crippen LogP contribution in [0.3, 0.4) is 0 Å². The lowest BCUT2D eigenvalue weighted by atomic mass is 10.2. The van der Waals surface area contributed by atoms with Crippen molar-refractivity contribution in [2.75, 3.05) is 24.7 Å². The highest BCUT2D eigenvalue weighted by Crippen LogP contribution is 2.13. The van der Waals surface area contributed by atoms with Crippen molar-refractivity contribution in [3.63, 3.8) is 0 Å². The van der Waals surface area contributed by atoms with Crippen molar-refractivity contribution in [2.45, 2.75) is 17.5 Å². The van der Waals surface area contributed by atoms with E-state index in [1.165, 1.54) is 6.07 Å². The van der Waals surface area contributed by atoms with E-state index in [-0.39, 0.29) is 5.03 Å². The molecule has 0 spiro atoms. The molecule has 1 aliphatic rings. The van der Waals surface area contributed by atoms with E-state index in [9.17, 15) is 8.42 Å². The maximum atomic E-state index is 11.2. The molecule has 0 radical (unpaired) electrons. The van der Waals surface area contributed by atoms with Crippen LogP contribution in [0.1, 0.15) is 6.42 Å². The summed E-state index contributed by atoms with van der Waals surface area (Å²) < 4.78 is 22.4. The third-order valence-corrected chi connectivity index (χ3v) is 3.55. The second-order valence-electron chi connectivity index (χ2n) is 3.99. The normalized spacial score (nSPS) is 20.9. The summed E-state index contributed by atoms with van der Waals surface area (Å²) >= 11 is 0. The minimum atomic E-state index is -3.20. The van der Waals surface area contributed by atoms with Crippen LogP contribution in [0.2, 0.25) is 0 Å². The van der Waals surface area contributed by atoms with Crippen molar-refractivity contribution in [1.29, 1.82) is 0 Å². The Morgan fingerprint density at radius 2 is 2.31 bits per heavy atom. The molecule has 1 aromatic rings. The van der Waals surface area contributed by atoms with Crippen LogP contribution in [0.25, 0.3) is 0 Å². The van der Waals surface area contributed by atoms with Gasteiger partial charge in [0.15, 0.2) is 14.9 Å². The summed E-state index contributed by atoms with van der Waals surface area (Å²) in [6, 6.07) is 3.69. The average molecular weight is 241 g/mol. The van der Waals surface area contributed by atoms with Gasteiger partial charge in [-0.2, -0.15) is 0 Å². The summed E-state index contributed by atoms with van der Waals surface area (Å²) in [5, 5.41) is 6.66. The van der Waals surface area contributed by atoms with Gasteiger partial charge in [0, 0.05) is 18.8 Å². The van der Waals surface area contributed by atoms with Gasteiger partial charge in [0.1, 0.15) is 0 Å². The highest BCUT2D eigenvalue weighted by atomic mass is 32.2. The number of nitrogens with zero attached hydrogens (tertiary/aromatic N) is 1. The predicted molar refractivity (Wildman–Crippen MR) is 62.2 cm³/mol. The van der Waals surface area contributed by atoms with E-state index >= 15 is 0 Å². The molecule has 5 nitrogen and oxygen atoms in total. The fourth-order valence-corrected chi connectivity index (χ4v) is 2.26. The number of pyridine rings is 1. The van der Waals surface area contributed by atoms with Gasteiger partial charge in [-0.25, -0.2) is 13.4 Å². The second-order valence-corrected chi connectivity index (χ2v) is 5.95. The zero-order valence-electron chi connectivity index (χ0n) is 9.10. The number of hydrogen-bond acceptors (Lipinski definition) is 5. The standard InChI is InChI=1S/C10H15N3O2S/c1-16(14,15)10-3-2-8(7-12-10)13-9-4-5-11-6-9/h2-3,7,9,11,13H,4-6H2,1H3. The molecule has 16 heavy (non-hydrogen) atoms. The van der Waals surface area contributed by atoms with Crippen LogP contribution in [0.5, 0.6) is 0 Å². The van der Waals surface area contributed by atoms with Gasteiger partial charge in [0.2, 0.25) is 0 Å². The molecule has 0 aliphatic carbocycles. The van der Waals surface area contributed by atoms with E-state index in [0.29, 0.717) is 6.04 Å². The van der Waals surface area contributed by atoms with Crippen molar-refractivity contribution >= 4 is 15.5 Å². The van der Waals surface area contributed by atoms with Gasteiger partial charge in [-0.05, 0) is 25.1 Å². The summed E-state index contributed by atoms with van der Waals surface area (Å²) in [7, 11) is -3.20. The number of hydrogen-bond donors (Lipinski definition) is 2. The SMILES string of the molecule is CS(=O)(=O)c1ccc(NC2CCNC2)cn1. The molecule has 0 bridgehead atoms. The molecule has 2 heterocycles. The third kappa shape index (κ3) is 2.70. The van der Waals surface area contributed by atoms with Gasteiger partial charge in [-0.3, -0.25) is 0 Å². The number of rotatable bonds is 3. The smallest absolute Gasteiger partial charge is 0.192 e. The van der Waals surface area contributed by atoms with Gasteiger partial charge in [-0.15, -0.1) is 0 Å². The molecule has 1 aromatic heterocycles. The Kier molecular flexibility index (Phi) is 3.11. The van der Waals surface area contributed by atoms with Gasteiger partial charge < -0.3 is 10.6 Å². The quantitative estimate of drug-likeness (QED) is 0.794. The van der Waals surface area contributed by atoms with Crippen LogP contribution >= 0.6 is 0 Å². The van der Waals surface area contributed by atoms with Crippen molar-refractivity contribution in [2.24, 2.45) is 0 Å². The minimum absolute atomic E-state index is 0.114. The molecule has 2 rings (SSSR count). The van der Waals surface area contributed by atoms with Crippen molar-refractivity contribution < 1.29 is 8.42 Å². The van der Waals surface area contributed by atoms with Gasteiger partial charge in [0.25, 0.3) is 0 Å². The zero-order valence-corrected chi connectivity index (χ0v) is 9.92. The molecule has 1 unspecified atom stereocenters. The first-order valence-corrected chi connectivity index (χ1v) is 7.08. The van der Waals surface area contributed by atoms with Crippen molar-refractivity contribution in [1.82, 2.24) is 10.3 Å². The van der Waals surface area contributed by atoms with Crippen molar-refractivity contribution in [3.8, 4) is 0 Å². The average Bonchev–Trinajstić information content (AvgIpc) is 2.70. The van der Waals surface area contributed by atoms with Crippen LogP contribution in [0.4, 0.5) is 5.69 Å². The minimum Gasteiger partial charge on any atom is -0.380 e. The Morgan fingerprint density at radius 3 is 2.81 bits per heavy atom. The van der Waals surface area contributed by atoms with E-state index < -0.39 is 9.84 Å². The van der Waals surface area contributed by atoms with E-state index in [1.54, 1.807) is 12.3 Å². The lowest BCUT2D eigenvalue weighted by Crippen LogP contribution is -2.22. The molecule has 1 fully saturated rings. The Hall–Kier alpha value is -1.14. The van der Waals surface area contributed by atoms with Crippen molar-refractivity contribution in [3.05, 3.63) is 18.3 Å². The summed E-state index contributed by atoms with van der Waals surface area (Å²) in [6.45, 7) is 1.96. The van der Waals surface area contributed by atoms with E-state index in [4.69, 9.17) is 0 Å². The molecule has 2 N–H and O–H groups in total. The highest BCUT2D eigenvalue weighted by Gasteiger charge is 2.14. The largest absolute Gasteiger partial charge is 0.380 e. The molecular weight excluding hydrogens is 226 g/mol. The molecule has 88 valence electrons. The first kappa shape index (κ1) is 11.3. The first-order chi connectivity index (χ1) is 7.55. The van der Waals surface area contributed by atoms with E-state index in [2.05, 4.69) is 15.6 Å². The molecular formula is C10H15N3O2S. The maximum absolute atomic E-state index is 11.2. The molecule has 0 amide bonds. The predicted octanol–water partition coefficient (Wildman–Crippen LogP) is 0.259. The molecule has 1 aliphatic heterocycles. The summed E-state index contributed by atoms with van der Waals surface area (Å²) in [5.41, 5.74) is 0.862. The Labute approximate surface area is 95.2 Å². The fraction of sp³-hybridized carbons (Fsp3) is 0.500. The lowest BCUT2D eigenvalue weighted by molar-refractivity contribution is 0.598. The Morgan fingerprint density at radius 1 is 1.50 bits per heavy atom. The topological polar surface area (TPSA) is 71.1 Å². The molecule has 6 heteroatoms. The number of anilines is 1. The van der Waals surface area contributed by atoms with Crippen LogP contribution in [-0.2, 0) is 9.84 Å². The molecule has 1 atom stereocenters. The third-order valence-electron chi connectivity index (χ3n) is 2.55. The number of nitrogens with one attached hydrogen (secondary N) is 2. The van der Waals surface area contributed by atoms with Gasteiger partial charge >= 0.3 is 0 Å². The van der Waals surface area contributed by atoms with Gasteiger partial charge in [0.05, 0.1) is 11.9 Å². The lowest BCUT2D eigenvalue weighted by Gasteiger charge is -2.12. The van der Waals surface area contributed by atoms with E-state index in [0.717, 1.165) is 31.5 Å². The number of aromatic nitrogens is 1. The van der Waals surface area contributed by atoms with Gasteiger partial charge in [-0.1, -0.05) is 0 Å². The van der Waals surface area contributed by atoms with Crippen LogP contribution in [0, 0.1) is 0 Å². The van der Waals surface area contributed by atoms with Crippen LogP contribution < -0.4 is 10.6 Å². The summed E-state index contributed by atoms with van der Waals surface area (Å²) in [6.07, 6.45) is 3.80. The van der Waals surface area contributed by atoms with Crippen LogP contribution in [-0.4, -0.2) is 38.8 Å². The summed E-state index contributed by atoms with van der Waals surface area (Å²) in [5.74, 6) is 0. The zero-order chi connectivity index (χ0) is 11.6. The highest BCUT2D eigenvalue weighted by molar-refractivity contribution is 7.90.